The van der Waals surface area contributed by atoms with Crippen molar-refractivity contribution in [1.29, 1.82) is 0 Å². The van der Waals surface area contributed by atoms with Gasteiger partial charge in [-0.05, 0) is 85.8 Å². The standard InChI is InChI=1S/C22H22F6N4S2/c23-21(24,25)13-5-9-15(10-6-13)29-19(33)31-17-3-1-2-4-18(17)32-20(34)30-16-11-7-14(8-12-16)22(26,27)28/h5-12,17-18H,1-4H2,(H2,29,31,33)(H2,30,32,34)/t17-,18-/m1/s1. The minimum Gasteiger partial charge on any atom is -0.358 e. The molecule has 3 rings (SSSR count). The number of hydrogen-bond acceptors (Lipinski definition) is 2. The highest BCUT2D eigenvalue weighted by molar-refractivity contribution is 7.80. The summed E-state index contributed by atoms with van der Waals surface area (Å²) in [6.07, 6.45) is -5.34. The van der Waals surface area contributed by atoms with Gasteiger partial charge in [0.15, 0.2) is 10.2 Å². The van der Waals surface area contributed by atoms with E-state index in [-0.39, 0.29) is 22.3 Å². The van der Waals surface area contributed by atoms with Crippen LogP contribution in [0.15, 0.2) is 48.5 Å². The first-order valence-electron chi connectivity index (χ1n) is 10.4. The molecule has 0 heterocycles. The Kier molecular flexibility index (Phi) is 8.24. The molecule has 12 heteroatoms. The monoisotopic (exact) mass is 520 g/mol. The summed E-state index contributed by atoms with van der Waals surface area (Å²) in [5, 5.41) is 12.7. The largest absolute Gasteiger partial charge is 0.416 e. The zero-order chi connectivity index (χ0) is 24.9. The van der Waals surface area contributed by atoms with Crippen LogP contribution in [0.1, 0.15) is 36.8 Å². The molecule has 1 aliphatic rings. The number of benzene rings is 2. The lowest BCUT2D eigenvalue weighted by atomic mass is 9.90. The number of alkyl halides is 6. The van der Waals surface area contributed by atoms with Crippen LogP contribution in [0.4, 0.5) is 37.7 Å². The van der Waals surface area contributed by atoms with Crippen LogP contribution in [0.5, 0.6) is 0 Å². The lowest BCUT2D eigenvalue weighted by Gasteiger charge is -2.34. The van der Waals surface area contributed by atoms with Gasteiger partial charge in [0.2, 0.25) is 0 Å². The molecule has 0 radical (unpaired) electrons. The van der Waals surface area contributed by atoms with Crippen LogP contribution in [0.25, 0.3) is 0 Å². The Bertz CT molecular complexity index is 909. The third-order valence-corrected chi connectivity index (χ3v) is 5.78. The predicted octanol–water partition coefficient (Wildman–Crippen LogP) is 6.31. The molecular weight excluding hydrogens is 498 g/mol. The zero-order valence-corrected chi connectivity index (χ0v) is 19.3. The second kappa shape index (κ2) is 10.8. The highest BCUT2D eigenvalue weighted by Gasteiger charge is 2.31. The zero-order valence-electron chi connectivity index (χ0n) is 17.7. The number of nitrogens with one attached hydrogen (secondary N) is 4. The second-order valence-corrected chi connectivity index (χ2v) is 8.66. The fraction of sp³-hybridized carbons (Fsp3) is 0.364. The van der Waals surface area contributed by atoms with Crippen LogP contribution in [0, 0.1) is 0 Å². The Morgan fingerprint density at radius 1 is 0.618 bits per heavy atom. The van der Waals surface area contributed by atoms with Gasteiger partial charge in [-0.2, -0.15) is 26.3 Å². The maximum atomic E-state index is 12.7. The molecule has 1 fully saturated rings. The molecule has 2 aromatic rings. The smallest absolute Gasteiger partial charge is 0.358 e. The summed E-state index contributed by atoms with van der Waals surface area (Å²) in [5.74, 6) is 0. The first-order valence-corrected chi connectivity index (χ1v) is 11.2. The molecule has 0 unspecified atom stereocenters. The Morgan fingerprint density at radius 3 is 1.24 bits per heavy atom. The average molecular weight is 521 g/mol. The first-order chi connectivity index (χ1) is 15.9. The van der Waals surface area contributed by atoms with Gasteiger partial charge >= 0.3 is 12.4 Å². The number of rotatable bonds is 4. The summed E-state index contributed by atoms with van der Waals surface area (Å²) in [5.41, 5.74) is -0.652. The predicted molar refractivity (Wildman–Crippen MR) is 128 cm³/mol. The fourth-order valence-electron chi connectivity index (χ4n) is 3.63. The molecule has 0 aliphatic heterocycles. The fourth-order valence-corrected chi connectivity index (χ4v) is 4.17. The molecule has 2 atom stereocenters. The van der Waals surface area contributed by atoms with Crippen molar-refractivity contribution in [1.82, 2.24) is 10.6 Å². The lowest BCUT2D eigenvalue weighted by Crippen LogP contribution is -2.54. The molecule has 0 bridgehead atoms. The van der Waals surface area contributed by atoms with E-state index < -0.39 is 23.5 Å². The number of halogens is 6. The molecular formula is C22H22F6N4S2. The highest BCUT2D eigenvalue weighted by atomic mass is 32.1. The van der Waals surface area contributed by atoms with Gasteiger partial charge < -0.3 is 21.3 Å². The Morgan fingerprint density at radius 2 is 0.941 bits per heavy atom. The minimum atomic E-state index is -4.41. The normalized spacial score (nSPS) is 18.6. The topological polar surface area (TPSA) is 48.1 Å². The molecule has 0 spiro atoms. The van der Waals surface area contributed by atoms with E-state index >= 15 is 0 Å². The quantitative estimate of drug-likeness (QED) is 0.280. The summed E-state index contributed by atoms with van der Waals surface area (Å²) in [6.45, 7) is 0. The Balaban J connectivity index is 1.54. The first kappa shape index (κ1) is 26.0. The third-order valence-electron chi connectivity index (χ3n) is 5.34. The average Bonchev–Trinajstić information content (AvgIpc) is 2.74. The van der Waals surface area contributed by atoms with E-state index in [1.807, 2.05) is 0 Å². The molecule has 0 saturated heterocycles. The molecule has 0 amide bonds. The second-order valence-electron chi connectivity index (χ2n) is 7.84. The molecule has 184 valence electrons. The van der Waals surface area contributed by atoms with Gasteiger partial charge in [0.1, 0.15) is 0 Å². The van der Waals surface area contributed by atoms with Crippen LogP contribution in [-0.2, 0) is 12.4 Å². The van der Waals surface area contributed by atoms with E-state index in [1.165, 1.54) is 24.3 Å². The third kappa shape index (κ3) is 7.45. The molecule has 1 saturated carbocycles. The molecule has 0 aromatic heterocycles. The molecule has 34 heavy (non-hydrogen) atoms. The maximum absolute atomic E-state index is 12.7. The van der Waals surface area contributed by atoms with Crippen molar-refractivity contribution in [2.45, 2.75) is 50.1 Å². The summed E-state index contributed by atoms with van der Waals surface area (Å²) in [7, 11) is 0. The molecule has 1 aliphatic carbocycles. The highest BCUT2D eigenvalue weighted by Crippen LogP contribution is 2.31. The summed E-state index contributed by atoms with van der Waals surface area (Å²) < 4.78 is 76.3. The molecule has 4 N–H and O–H groups in total. The van der Waals surface area contributed by atoms with Crippen molar-refractivity contribution in [2.75, 3.05) is 10.6 Å². The van der Waals surface area contributed by atoms with Gasteiger partial charge in [0, 0.05) is 23.5 Å². The molecule has 2 aromatic carbocycles. The van der Waals surface area contributed by atoms with Crippen molar-refractivity contribution in [3.05, 3.63) is 59.7 Å². The minimum absolute atomic E-state index is 0.101. The van der Waals surface area contributed by atoms with Gasteiger partial charge in [0.05, 0.1) is 11.1 Å². The summed E-state index contributed by atoms with van der Waals surface area (Å²) in [6, 6.07) is 8.90. The van der Waals surface area contributed by atoms with Crippen LogP contribution in [0.3, 0.4) is 0 Å². The van der Waals surface area contributed by atoms with Crippen LogP contribution < -0.4 is 21.3 Å². The van der Waals surface area contributed by atoms with E-state index in [2.05, 4.69) is 21.3 Å². The number of anilines is 2. The van der Waals surface area contributed by atoms with Crippen molar-refractivity contribution in [3.8, 4) is 0 Å². The van der Waals surface area contributed by atoms with E-state index in [9.17, 15) is 26.3 Å². The van der Waals surface area contributed by atoms with Gasteiger partial charge in [0.25, 0.3) is 0 Å². The van der Waals surface area contributed by atoms with Gasteiger partial charge in [-0.1, -0.05) is 12.8 Å². The van der Waals surface area contributed by atoms with E-state index in [1.54, 1.807) is 0 Å². The summed E-state index contributed by atoms with van der Waals surface area (Å²) in [4.78, 5) is 0. The van der Waals surface area contributed by atoms with E-state index in [0.717, 1.165) is 49.9 Å². The van der Waals surface area contributed by atoms with Crippen molar-refractivity contribution >= 4 is 46.0 Å². The molecule has 4 nitrogen and oxygen atoms in total. The lowest BCUT2D eigenvalue weighted by molar-refractivity contribution is -0.138. The van der Waals surface area contributed by atoms with Crippen molar-refractivity contribution < 1.29 is 26.3 Å². The van der Waals surface area contributed by atoms with Crippen molar-refractivity contribution in [3.63, 3.8) is 0 Å². The number of hydrogen-bond donors (Lipinski definition) is 4. The maximum Gasteiger partial charge on any atom is 0.416 e. The Hall–Kier alpha value is -2.60. The van der Waals surface area contributed by atoms with Gasteiger partial charge in [-0.15, -0.1) is 0 Å². The van der Waals surface area contributed by atoms with Gasteiger partial charge in [-0.25, -0.2) is 0 Å². The summed E-state index contributed by atoms with van der Waals surface area (Å²) >= 11 is 10.6. The van der Waals surface area contributed by atoms with Crippen LogP contribution in [-0.4, -0.2) is 22.3 Å². The van der Waals surface area contributed by atoms with Crippen LogP contribution >= 0.6 is 24.4 Å². The van der Waals surface area contributed by atoms with Crippen LogP contribution in [0.2, 0.25) is 0 Å². The van der Waals surface area contributed by atoms with E-state index in [4.69, 9.17) is 24.4 Å². The van der Waals surface area contributed by atoms with E-state index in [0.29, 0.717) is 11.4 Å². The van der Waals surface area contributed by atoms with Gasteiger partial charge in [-0.3, -0.25) is 0 Å². The Labute approximate surface area is 203 Å². The van der Waals surface area contributed by atoms with Crippen molar-refractivity contribution in [2.24, 2.45) is 0 Å². The SMILES string of the molecule is FC(F)(F)c1ccc(NC(=S)N[C@@H]2CCCC[C@H]2NC(=S)Nc2ccc(C(F)(F)F)cc2)cc1. The number of thiocarbonyl (C=S) groups is 2.